The van der Waals surface area contributed by atoms with Crippen LogP contribution in [-0.4, -0.2) is 21.0 Å². The van der Waals surface area contributed by atoms with Crippen molar-refractivity contribution in [3.05, 3.63) is 27.7 Å². The summed E-state index contributed by atoms with van der Waals surface area (Å²) in [7, 11) is -3.54. The van der Waals surface area contributed by atoms with Crippen LogP contribution >= 0.6 is 27.5 Å². The van der Waals surface area contributed by atoms with E-state index in [0.29, 0.717) is 15.4 Å². The predicted octanol–water partition coefficient (Wildman–Crippen LogP) is 2.12. The SMILES string of the molecule is NC(CNS(=O)(=O)c1ccc(Br)c(Cl)c1)C1CC1. The molecule has 0 radical (unpaired) electrons. The number of hydrogen-bond donors (Lipinski definition) is 2. The third-order valence-electron chi connectivity index (χ3n) is 2.94. The van der Waals surface area contributed by atoms with Gasteiger partial charge in [0.2, 0.25) is 10.0 Å². The summed E-state index contributed by atoms with van der Waals surface area (Å²) in [6.07, 6.45) is 2.18. The second-order valence-electron chi connectivity index (χ2n) is 4.43. The molecule has 1 aliphatic carbocycles. The Morgan fingerprint density at radius 1 is 1.50 bits per heavy atom. The molecule has 0 saturated heterocycles. The minimum Gasteiger partial charge on any atom is -0.326 e. The van der Waals surface area contributed by atoms with E-state index < -0.39 is 10.0 Å². The Kier molecular flexibility index (Phi) is 4.33. The molecule has 0 bridgehead atoms. The number of halogens is 2. The van der Waals surface area contributed by atoms with Crippen LogP contribution in [0.3, 0.4) is 0 Å². The van der Waals surface area contributed by atoms with E-state index in [2.05, 4.69) is 20.7 Å². The van der Waals surface area contributed by atoms with Crippen molar-refractivity contribution in [2.24, 2.45) is 11.7 Å². The highest BCUT2D eigenvalue weighted by molar-refractivity contribution is 9.10. The summed E-state index contributed by atoms with van der Waals surface area (Å²) in [5, 5.41) is 0.365. The number of nitrogens with one attached hydrogen (secondary N) is 1. The summed E-state index contributed by atoms with van der Waals surface area (Å²) in [6.45, 7) is 0.265. The predicted molar refractivity (Wildman–Crippen MR) is 75.0 cm³/mol. The van der Waals surface area contributed by atoms with Crippen molar-refractivity contribution < 1.29 is 8.42 Å². The Morgan fingerprint density at radius 3 is 2.72 bits per heavy atom. The molecule has 3 N–H and O–H groups in total. The smallest absolute Gasteiger partial charge is 0.240 e. The molecule has 1 aromatic carbocycles. The van der Waals surface area contributed by atoms with Crippen LogP contribution in [0.2, 0.25) is 5.02 Å². The minimum absolute atomic E-state index is 0.106. The van der Waals surface area contributed by atoms with Gasteiger partial charge in [-0.25, -0.2) is 13.1 Å². The Bertz CT molecular complexity index is 546. The molecule has 2 rings (SSSR count). The lowest BCUT2D eigenvalue weighted by molar-refractivity contribution is 0.547. The summed E-state index contributed by atoms with van der Waals surface area (Å²) < 4.78 is 27.2. The van der Waals surface area contributed by atoms with Gasteiger partial charge >= 0.3 is 0 Å². The molecular weight excluding hydrogens is 340 g/mol. The lowest BCUT2D eigenvalue weighted by Gasteiger charge is -2.12. The van der Waals surface area contributed by atoms with Crippen LogP contribution in [0.25, 0.3) is 0 Å². The third-order valence-corrected chi connectivity index (χ3v) is 5.59. The molecule has 7 heteroatoms. The largest absolute Gasteiger partial charge is 0.326 e. The van der Waals surface area contributed by atoms with Crippen molar-refractivity contribution in [3.63, 3.8) is 0 Å². The molecule has 0 amide bonds. The van der Waals surface area contributed by atoms with Crippen LogP contribution in [0, 0.1) is 5.92 Å². The second kappa shape index (κ2) is 5.46. The van der Waals surface area contributed by atoms with Crippen molar-refractivity contribution >= 4 is 37.6 Å². The van der Waals surface area contributed by atoms with Gasteiger partial charge in [0.05, 0.1) is 9.92 Å². The van der Waals surface area contributed by atoms with E-state index in [1.54, 1.807) is 6.07 Å². The molecule has 0 spiro atoms. The topological polar surface area (TPSA) is 72.2 Å². The molecule has 0 aliphatic heterocycles. The average molecular weight is 354 g/mol. The molecule has 18 heavy (non-hydrogen) atoms. The summed E-state index contributed by atoms with van der Waals surface area (Å²) in [5.41, 5.74) is 5.86. The molecule has 1 aromatic rings. The molecule has 1 fully saturated rings. The van der Waals surface area contributed by atoms with E-state index in [0.717, 1.165) is 12.8 Å². The van der Waals surface area contributed by atoms with E-state index in [1.807, 2.05) is 0 Å². The van der Waals surface area contributed by atoms with Crippen LogP contribution in [0.5, 0.6) is 0 Å². The lowest BCUT2D eigenvalue weighted by atomic mass is 10.2. The maximum absolute atomic E-state index is 12.0. The number of benzene rings is 1. The normalized spacial score (nSPS) is 17.7. The van der Waals surface area contributed by atoms with Gasteiger partial charge in [0.25, 0.3) is 0 Å². The van der Waals surface area contributed by atoms with E-state index in [1.165, 1.54) is 12.1 Å². The van der Waals surface area contributed by atoms with Crippen molar-refractivity contribution in [1.82, 2.24) is 4.72 Å². The maximum atomic E-state index is 12.0. The number of rotatable bonds is 5. The number of hydrogen-bond acceptors (Lipinski definition) is 3. The van der Waals surface area contributed by atoms with Crippen molar-refractivity contribution in [2.45, 2.75) is 23.8 Å². The molecule has 0 heterocycles. The summed E-state index contributed by atoms with van der Waals surface area (Å²) >= 11 is 9.10. The van der Waals surface area contributed by atoms with Gasteiger partial charge in [0, 0.05) is 17.1 Å². The van der Waals surface area contributed by atoms with E-state index in [4.69, 9.17) is 17.3 Å². The zero-order chi connectivity index (χ0) is 13.3. The Balaban J connectivity index is 2.07. The molecular formula is C11H14BrClN2O2S. The molecule has 0 aromatic heterocycles. The summed E-state index contributed by atoms with van der Waals surface area (Å²) in [4.78, 5) is 0.152. The Labute approximate surface area is 120 Å². The minimum atomic E-state index is -3.54. The van der Waals surface area contributed by atoms with Gasteiger partial charge in [-0.05, 0) is 52.9 Å². The fourth-order valence-corrected chi connectivity index (χ4v) is 3.21. The second-order valence-corrected chi connectivity index (χ2v) is 7.46. The zero-order valence-corrected chi connectivity index (χ0v) is 12.7. The highest BCUT2D eigenvalue weighted by Crippen LogP contribution is 2.31. The first-order valence-electron chi connectivity index (χ1n) is 5.60. The maximum Gasteiger partial charge on any atom is 0.240 e. The van der Waals surface area contributed by atoms with Crippen LogP contribution in [0.1, 0.15) is 12.8 Å². The van der Waals surface area contributed by atoms with Crippen molar-refractivity contribution in [3.8, 4) is 0 Å². The van der Waals surface area contributed by atoms with Gasteiger partial charge in [-0.3, -0.25) is 0 Å². The van der Waals surface area contributed by atoms with Crippen molar-refractivity contribution in [2.75, 3.05) is 6.54 Å². The first kappa shape index (κ1) is 14.3. The molecule has 1 unspecified atom stereocenters. The monoisotopic (exact) mass is 352 g/mol. The fourth-order valence-electron chi connectivity index (χ4n) is 1.62. The van der Waals surface area contributed by atoms with Gasteiger partial charge in [0.15, 0.2) is 0 Å². The van der Waals surface area contributed by atoms with Crippen LogP contribution in [0.15, 0.2) is 27.6 Å². The van der Waals surface area contributed by atoms with Gasteiger partial charge in [-0.2, -0.15) is 0 Å². The Hall–Kier alpha value is -0.140. The van der Waals surface area contributed by atoms with Crippen LogP contribution < -0.4 is 10.5 Å². The summed E-state index contributed by atoms with van der Waals surface area (Å²) in [6, 6.07) is 4.42. The molecule has 1 saturated carbocycles. The fraction of sp³-hybridized carbons (Fsp3) is 0.455. The first-order valence-corrected chi connectivity index (χ1v) is 8.26. The summed E-state index contributed by atoms with van der Waals surface area (Å²) in [5.74, 6) is 0.459. The third kappa shape index (κ3) is 3.45. The highest BCUT2D eigenvalue weighted by Gasteiger charge is 2.29. The highest BCUT2D eigenvalue weighted by atomic mass is 79.9. The lowest BCUT2D eigenvalue weighted by Crippen LogP contribution is -2.38. The molecule has 1 aliphatic rings. The molecule has 1 atom stereocenters. The van der Waals surface area contributed by atoms with Crippen molar-refractivity contribution in [1.29, 1.82) is 0 Å². The molecule has 4 nitrogen and oxygen atoms in total. The zero-order valence-electron chi connectivity index (χ0n) is 9.57. The van der Waals surface area contributed by atoms with Gasteiger partial charge < -0.3 is 5.73 Å². The number of nitrogens with two attached hydrogens (primary N) is 1. The van der Waals surface area contributed by atoms with E-state index >= 15 is 0 Å². The quantitative estimate of drug-likeness (QED) is 0.851. The Morgan fingerprint density at radius 2 is 2.17 bits per heavy atom. The van der Waals surface area contributed by atoms with Gasteiger partial charge in [0.1, 0.15) is 0 Å². The number of sulfonamides is 1. The standard InChI is InChI=1S/C11H14BrClN2O2S/c12-9-4-3-8(5-10(9)13)18(16,17)15-6-11(14)7-1-2-7/h3-5,7,11,15H,1-2,6,14H2. The first-order chi connectivity index (χ1) is 8.40. The van der Waals surface area contributed by atoms with Crippen LogP contribution in [0.4, 0.5) is 0 Å². The van der Waals surface area contributed by atoms with Crippen LogP contribution in [-0.2, 0) is 10.0 Å². The van der Waals surface area contributed by atoms with E-state index in [9.17, 15) is 8.42 Å². The van der Waals surface area contributed by atoms with Gasteiger partial charge in [-0.1, -0.05) is 11.6 Å². The van der Waals surface area contributed by atoms with E-state index in [-0.39, 0.29) is 17.5 Å². The van der Waals surface area contributed by atoms with Gasteiger partial charge in [-0.15, -0.1) is 0 Å². The average Bonchev–Trinajstić information content (AvgIpc) is 3.13. The molecule has 100 valence electrons.